The number of rotatable bonds is 6. The van der Waals surface area contributed by atoms with Crippen molar-refractivity contribution in [2.75, 3.05) is 13.2 Å². The van der Waals surface area contributed by atoms with Gasteiger partial charge < -0.3 is 4.74 Å². The van der Waals surface area contributed by atoms with Gasteiger partial charge in [0.05, 0.1) is 12.7 Å². The normalized spacial score (nSPS) is 18.6. The SMILES string of the molecule is CC(C)CCOCC1(CC#N)CC1. The molecule has 0 N–H and O–H groups in total. The lowest BCUT2D eigenvalue weighted by Gasteiger charge is -2.12. The molecule has 0 aromatic rings. The van der Waals surface area contributed by atoms with Gasteiger partial charge in [-0.2, -0.15) is 5.26 Å². The van der Waals surface area contributed by atoms with Gasteiger partial charge in [-0.3, -0.25) is 0 Å². The monoisotopic (exact) mass is 181 g/mol. The van der Waals surface area contributed by atoms with E-state index in [0.717, 1.165) is 19.6 Å². The molecule has 0 radical (unpaired) electrons. The van der Waals surface area contributed by atoms with Gasteiger partial charge in [0.1, 0.15) is 0 Å². The van der Waals surface area contributed by atoms with Gasteiger partial charge in [-0.1, -0.05) is 13.8 Å². The second-order valence-electron chi connectivity index (χ2n) is 4.57. The average molecular weight is 181 g/mol. The highest BCUT2D eigenvalue weighted by molar-refractivity contribution is 4.99. The van der Waals surface area contributed by atoms with Crippen LogP contribution in [-0.2, 0) is 4.74 Å². The van der Waals surface area contributed by atoms with Crippen molar-refractivity contribution in [3.63, 3.8) is 0 Å². The molecule has 1 aliphatic rings. The van der Waals surface area contributed by atoms with Crippen LogP contribution in [0.2, 0.25) is 0 Å². The van der Waals surface area contributed by atoms with Gasteiger partial charge >= 0.3 is 0 Å². The summed E-state index contributed by atoms with van der Waals surface area (Å²) in [5.74, 6) is 0.714. The van der Waals surface area contributed by atoms with Crippen LogP contribution in [0.5, 0.6) is 0 Å². The minimum atomic E-state index is 0.256. The van der Waals surface area contributed by atoms with Gasteiger partial charge in [0, 0.05) is 18.4 Å². The van der Waals surface area contributed by atoms with Crippen molar-refractivity contribution in [2.24, 2.45) is 11.3 Å². The summed E-state index contributed by atoms with van der Waals surface area (Å²) >= 11 is 0. The van der Waals surface area contributed by atoms with E-state index in [9.17, 15) is 0 Å². The third-order valence-electron chi connectivity index (χ3n) is 2.66. The lowest BCUT2D eigenvalue weighted by atomic mass is 10.1. The fraction of sp³-hybridized carbons (Fsp3) is 0.909. The smallest absolute Gasteiger partial charge is 0.0628 e. The van der Waals surface area contributed by atoms with Gasteiger partial charge in [-0.15, -0.1) is 0 Å². The number of nitrogens with zero attached hydrogens (tertiary/aromatic N) is 1. The van der Waals surface area contributed by atoms with Crippen molar-refractivity contribution in [2.45, 2.75) is 39.5 Å². The quantitative estimate of drug-likeness (QED) is 0.590. The van der Waals surface area contributed by atoms with Crippen molar-refractivity contribution in [1.29, 1.82) is 5.26 Å². The van der Waals surface area contributed by atoms with E-state index in [4.69, 9.17) is 10.00 Å². The molecule has 1 rings (SSSR count). The highest BCUT2D eigenvalue weighted by Crippen LogP contribution is 2.48. The van der Waals surface area contributed by atoms with E-state index in [-0.39, 0.29) is 5.41 Å². The largest absolute Gasteiger partial charge is 0.381 e. The Balaban J connectivity index is 2.03. The van der Waals surface area contributed by atoms with E-state index in [2.05, 4.69) is 19.9 Å². The molecule has 0 aromatic heterocycles. The Kier molecular flexibility index (Phi) is 3.74. The Bertz CT molecular complexity index is 189. The zero-order valence-electron chi connectivity index (χ0n) is 8.68. The topological polar surface area (TPSA) is 33.0 Å². The molecule has 0 unspecified atom stereocenters. The Morgan fingerprint density at radius 3 is 2.62 bits per heavy atom. The van der Waals surface area contributed by atoms with Gasteiger partial charge in [-0.25, -0.2) is 0 Å². The van der Waals surface area contributed by atoms with Crippen LogP contribution >= 0.6 is 0 Å². The van der Waals surface area contributed by atoms with Crippen LogP contribution in [0.1, 0.15) is 39.5 Å². The maximum Gasteiger partial charge on any atom is 0.0628 e. The number of hydrogen-bond donors (Lipinski definition) is 0. The fourth-order valence-corrected chi connectivity index (χ4v) is 1.32. The number of ether oxygens (including phenoxy) is 1. The summed E-state index contributed by atoms with van der Waals surface area (Å²) in [4.78, 5) is 0. The van der Waals surface area contributed by atoms with Crippen LogP contribution in [0.15, 0.2) is 0 Å². The molecular weight excluding hydrogens is 162 g/mol. The van der Waals surface area contributed by atoms with Crippen LogP contribution in [0.25, 0.3) is 0 Å². The van der Waals surface area contributed by atoms with E-state index in [1.807, 2.05) is 0 Å². The van der Waals surface area contributed by atoms with Crippen LogP contribution in [-0.4, -0.2) is 13.2 Å². The van der Waals surface area contributed by atoms with Crippen LogP contribution in [0.3, 0.4) is 0 Å². The van der Waals surface area contributed by atoms with Gasteiger partial charge in [0.2, 0.25) is 0 Å². The molecule has 0 atom stereocenters. The van der Waals surface area contributed by atoms with Crippen molar-refractivity contribution in [3.05, 3.63) is 0 Å². The summed E-state index contributed by atoms with van der Waals surface area (Å²) in [7, 11) is 0. The summed E-state index contributed by atoms with van der Waals surface area (Å²) < 4.78 is 5.57. The third-order valence-corrected chi connectivity index (χ3v) is 2.66. The average Bonchev–Trinajstić information content (AvgIpc) is 2.80. The maximum absolute atomic E-state index is 8.58. The van der Waals surface area contributed by atoms with E-state index in [0.29, 0.717) is 12.3 Å². The highest BCUT2D eigenvalue weighted by Gasteiger charge is 2.42. The lowest BCUT2D eigenvalue weighted by Crippen LogP contribution is -2.11. The van der Waals surface area contributed by atoms with Crippen LogP contribution < -0.4 is 0 Å². The summed E-state index contributed by atoms with van der Waals surface area (Å²) in [6.45, 7) is 6.05. The Hall–Kier alpha value is -0.550. The summed E-state index contributed by atoms with van der Waals surface area (Å²) in [5, 5.41) is 8.58. The van der Waals surface area contributed by atoms with Crippen LogP contribution in [0, 0.1) is 22.7 Å². The summed E-state index contributed by atoms with van der Waals surface area (Å²) in [6.07, 6.45) is 4.17. The molecule has 0 spiro atoms. The summed E-state index contributed by atoms with van der Waals surface area (Å²) in [6, 6.07) is 2.24. The van der Waals surface area contributed by atoms with E-state index in [1.165, 1.54) is 12.8 Å². The zero-order chi connectivity index (χ0) is 9.73. The van der Waals surface area contributed by atoms with Crippen molar-refractivity contribution < 1.29 is 4.74 Å². The minimum absolute atomic E-state index is 0.256. The predicted octanol–water partition coefficient (Wildman–Crippen LogP) is 2.74. The Morgan fingerprint density at radius 2 is 2.15 bits per heavy atom. The first kappa shape index (κ1) is 10.5. The molecule has 13 heavy (non-hydrogen) atoms. The lowest BCUT2D eigenvalue weighted by molar-refractivity contribution is 0.0838. The molecule has 2 nitrogen and oxygen atoms in total. The van der Waals surface area contributed by atoms with E-state index >= 15 is 0 Å². The maximum atomic E-state index is 8.58. The van der Waals surface area contributed by atoms with Crippen molar-refractivity contribution in [3.8, 4) is 6.07 Å². The summed E-state index contributed by atoms with van der Waals surface area (Å²) in [5.41, 5.74) is 0.256. The highest BCUT2D eigenvalue weighted by atomic mass is 16.5. The zero-order valence-corrected chi connectivity index (χ0v) is 8.68. The molecule has 0 amide bonds. The molecule has 1 saturated carbocycles. The van der Waals surface area contributed by atoms with Crippen LogP contribution in [0.4, 0.5) is 0 Å². The molecule has 0 aliphatic heterocycles. The number of hydrogen-bond acceptors (Lipinski definition) is 2. The molecule has 0 aromatic carbocycles. The van der Waals surface area contributed by atoms with E-state index < -0.39 is 0 Å². The molecule has 0 bridgehead atoms. The molecule has 74 valence electrons. The Morgan fingerprint density at radius 1 is 1.46 bits per heavy atom. The van der Waals surface area contributed by atoms with Gasteiger partial charge in [0.15, 0.2) is 0 Å². The van der Waals surface area contributed by atoms with Gasteiger partial charge in [-0.05, 0) is 25.2 Å². The Labute approximate surface area is 80.9 Å². The first-order valence-electron chi connectivity index (χ1n) is 5.13. The van der Waals surface area contributed by atoms with Gasteiger partial charge in [0.25, 0.3) is 0 Å². The molecular formula is C11H19NO. The van der Waals surface area contributed by atoms with Crippen molar-refractivity contribution in [1.82, 2.24) is 0 Å². The molecule has 2 heteroatoms. The first-order valence-corrected chi connectivity index (χ1v) is 5.13. The molecule has 0 saturated heterocycles. The molecule has 1 fully saturated rings. The third kappa shape index (κ3) is 3.78. The second kappa shape index (κ2) is 4.62. The first-order chi connectivity index (χ1) is 6.18. The second-order valence-corrected chi connectivity index (χ2v) is 4.57. The standard InChI is InChI=1S/C11H19NO/c1-10(2)3-8-13-9-11(4-5-11)6-7-12/h10H,3-6,8-9H2,1-2H3. The predicted molar refractivity (Wildman–Crippen MR) is 52.2 cm³/mol. The van der Waals surface area contributed by atoms with E-state index in [1.54, 1.807) is 0 Å². The molecule has 1 aliphatic carbocycles. The molecule has 0 heterocycles. The fourth-order valence-electron chi connectivity index (χ4n) is 1.32. The van der Waals surface area contributed by atoms with Crippen molar-refractivity contribution >= 4 is 0 Å². The number of nitriles is 1. The minimum Gasteiger partial charge on any atom is -0.381 e.